The van der Waals surface area contributed by atoms with Crippen molar-refractivity contribution in [3.8, 4) is 0 Å². The highest BCUT2D eigenvalue weighted by atomic mass is 32.2. The third-order valence-corrected chi connectivity index (χ3v) is 4.82. The Labute approximate surface area is 109 Å². The molecule has 17 heavy (non-hydrogen) atoms. The molecule has 1 aliphatic rings. The van der Waals surface area contributed by atoms with Crippen LogP contribution in [0.5, 0.6) is 0 Å². The molecule has 0 amide bonds. The van der Waals surface area contributed by atoms with Crippen LogP contribution >= 0.6 is 11.8 Å². The summed E-state index contributed by atoms with van der Waals surface area (Å²) >= 11 is 1.83. The fourth-order valence-electron chi connectivity index (χ4n) is 2.25. The van der Waals surface area contributed by atoms with Crippen LogP contribution in [0.15, 0.2) is 29.2 Å². The minimum atomic E-state index is -0.109. The summed E-state index contributed by atoms with van der Waals surface area (Å²) in [6.45, 7) is 6.70. The van der Waals surface area contributed by atoms with Crippen molar-refractivity contribution in [3.05, 3.63) is 29.8 Å². The Hall–Kier alpha value is -0.470. The summed E-state index contributed by atoms with van der Waals surface area (Å²) in [7, 11) is 0. The summed E-state index contributed by atoms with van der Waals surface area (Å²) in [6.07, 6.45) is 3.17. The number of rotatable bonds is 2. The molecule has 0 radical (unpaired) electrons. The predicted octanol–water partition coefficient (Wildman–Crippen LogP) is 3.99. The van der Waals surface area contributed by atoms with E-state index in [0.29, 0.717) is 5.25 Å². The van der Waals surface area contributed by atoms with E-state index < -0.39 is 0 Å². The molecule has 0 unspecified atom stereocenters. The second kappa shape index (κ2) is 5.03. The average Bonchev–Trinajstić information content (AvgIpc) is 2.64. The zero-order valence-corrected chi connectivity index (χ0v) is 11.8. The zero-order chi connectivity index (χ0) is 12.5. The smallest absolute Gasteiger partial charge is 0.0662 e. The molecule has 0 bridgehead atoms. The van der Waals surface area contributed by atoms with Crippen molar-refractivity contribution >= 4 is 11.8 Å². The van der Waals surface area contributed by atoms with Gasteiger partial charge in [0.2, 0.25) is 0 Å². The molecule has 1 nitrogen and oxygen atoms in total. The van der Waals surface area contributed by atoms with Gasteiger partial charge in [-0.05, 0) is 42.4 Å². The van der Waals surface area contributed by atoms with Crippen LogP contribution in [0.4, 0.5) is 0 Å². The van der Waals surface area contributed by atoms with Gasteiger partial charge in [-0.1, -0.05) is 32.9 Å². The van der Waals surface area contributed by atoms with Gasteiger partial charge in [0.25, 0.3) is 0 Å². The lowest BCUT2D eigenvalue weighted by Gasteiger charge is -2.20. The van der Waals surface area contributed by atoms with E-state index in [4.69, 9.17) is 0 Å². The molecule has 2 atom stereocenters. The highest BCUT2D eigenvalue weighted by Gasteiger charge is 2.26. The fourth-order valence-corrected chi connectivity index (χ4v) is 3.47. The number of hydrogen-bond acceptors (Lipinski definition) is 2. The van der Waals surface area contributed by atoms with E-state index in [1.807, 2.05) is 11.8 Å². The van der Waals surface area contributed by atoms with Crippen LogP contribution in [0.1, 0.15) is 45.6 Å². The van der Waals surface area contributed by atoms with Gasteiger partial charge in [-0.25, -0.2) is 0 Å². The van der Waals surface area contributed by atoms with Crippen LogP contribution in [-0.2, 0) is 5.41 Å². The SMILES string of the molecule is CC(C)(C)c1ccc(S[C@H]2CCC[C@@H]2O)cc1. The minimum Gasteiger partial charge on any atom is -0.392 e. The Morgan fingerprint density at radius 2 is 1.76 bits per heavy atom. The molecular weight excluding hydrogens is 228 g/mol. The van der Waals surface area contributed by atoms with E-state index in [-0.39, 0.29) is 11.5 Å². The van der Waals surface area contributed by atoms with E-state index in [9.17, 15) is 5.11 Å². The lowest BCUT2D eigenvalue weighted by Crippen LogP contribution is -2.15. The summed E-state index contributed by atoms with van der Waals surface area (Å²) in [6, 6.07) is 8.81. The summed E-state index contributed by atoms with van der Waals surface area (Å²) in [4.78, 5) is 1.28. The standard InChI is InChI=1S/C15H22OS/c1-15(2,3)11-7-9-12(10-8-11)17-14-6-4-5-13(14)16/h7-10,13-14,16H,4-6H2,1-3H3/t13-,14-/m0/s1. The van der Waals surface area contributed by atoms with Gasteiger partial charge in [-0.15, -0.1) is 11.8 Å². The molecule has 0 spiro atoms. The Kier molecular flexibility index (Phi) is 3.84. The first-order valence-corrected chi connectivity index (χ1v) is 7.30. The van der Waals surface area contributed by atoms with Gasteiger partial charge in [-0.3, -0.25) is 0 Å². The second-order valence-electron chi connectivity index (χ2n) is 5.93. The number of aliphatic hydroxyl groups excluding tert-OH is 1. The first-order chi connectivity index (χ1) is 7.97. The summed E-state index contributed by atoms with van der Waals surface area (Å²) in [5.41, 5.74) is 1.59. The van der Waals surface area contributed by atoms with Crippen LogP contribution in [0.2, 0.25) is 0 Å². The molecule has 0 aromatic heterocycles. The molecule has 0 aliphatic heterocycles. The Balaban J connectivity index is 2.03. The molecular formula is C15H22OS. The van der Waals surface area contributed by atoms with Crippen LogP contribution in [0.3, 0.4) is 0 Å². The third-order valence-electron chi connectivity index (χ3n) is 3.43. The van der Waals surface area contributed by atoms with Crippen molar-refractivity contribution in [1.29, 1.82) is 0 Å². The molecule has 1 aromatic rings. The van der Waals surface area contributed by atoms with Crippen LogP contribution < -0.4 is 0 Å². The van der Waals surface area contributed by atoms with Crippen molar-refractivity contribution in [2.45, 2.75) is 61.7 Å². The van der Waals surface area contributed by atoms with E-state index in [1.165, 1.54) is 16.9 Å². The molecule has 2 heteroatoms. The molecule has 0 heterocycles. The summed E-state index contributed by atoms with van der Waals surface area (Å²) < 4.78 is 0. The maximum Gasteiger partial charge on any atom is 0.0662 e. The lowest BCUT2D eigenvalue weighted by molar-refractivity contribution is 0.188. The zero-order valence-electron chi connectivity index (χ0n) is 10.9. The van der Waals surface area contributed by atoms with Crippen molar-refractivity contribution in [2.24, 2.45) is 0 Å². The van der Waals surface area contributed by atoms with Gasteiger partial charge < -0.3 is 5.11 Å². The molecule has 94 valence electrons. The quantitative estimate of drug-likeness (QED) is 0.856. The van der Waals surface area contributed by atoms with E-state index in [2.05, 4.69) is 45.0 Å². The van der Waals surface area contributed by atoms with Gasteiger partial charge in [0.05, 0.1) is 6.10 Å². The number of thioether (sulfide) groups is 1. The third kappa shape index (κ3) is 3.26. The van der Waals surface area contributed by atoms with Crippen molar-refractivity contribution in [1.82, 2.24) is 0 Å². The van der Waals surface area contributed by atoms with Crippen molar-refractivity contribution in [3.63, 3.8) is 0 Å². The Bertz CT molecular complexity index is 364. The first-order valence-electron chi connectivity index (χ1n) is 6.42. The molecule has 1 aromatic carbocycles. The number of aliphatic hydroxyl groups is 1. The summed E-state index contributed by atoms with van der Waals surface area (Å²) in [5, 5.41) is 10.2. The van der Waals surface area contributed by atoms with Gasteiger partial charge in [0.15, 0.2) is 0 Å². The molecule has 1 N–H and O–H groups in total. The van der Waals surface area contributed by atoms with Gasteiger partial charge in [0.1, 0.15) is 0 Å². The maximum absolute atomic E-state index is 9.81. The van der Waals surface area contributed by atoms with E-state index in [1.54, 1.807) is 0 Å². The summed E-state index contributed by atoms with van der Waals surface area (Å²) in [5.74, 6) is 0. The van der Waals surface area contributed by atoms with Crippen LogP contribution in [0, 0.1) is 0 Å². The molecule has 0 saturated heterocycles. The second-order valence-corrected chi connectivity index (χ2v) is 7.24. The first kappa shape index (κ1) is 13.0. The lowest BCUT2D eigenvalue weighted by atomic mass is 9.87. The topological polar surface area (TPSA) is 20.2 Å². The highest BCUT2D eigenvalue weighted by Crippen LogP contribution is 2.35. The van der Waals surface area contributed by atoms with Crippen LogP contribution in [-0.4, -0.2) is 16.5 Å². The highest BCUT2D eigenvalue weighted by molar-refractivity contribution is 8.00. The number of benzene rings is 1. The Morgan fingerprint density at radius 3 is 2.24 bits per heavy atom. The van der Waals surface area contributed by atoms with E-state index >= 15 is 0 Å². The monoisotopic (exact) mass is 250 g/mol. The predicted molar refractivity (Wildman–Crippen MR) is 74.6 cm³/mol. The number of hydrogen-bond donors (Lipinski definition) is 1. The van der Waals surface area contributed by atoms with E-state index in [0.717, 1.165) is 12.8 Å². The van der Waals surface area contributed by atoms with Crippen molar-refractivity contribution < 1.29 is 5.11 Å². The fraction of sp³-hybridized carbons (Fsp3) is 0.600. The van der Waals surface area contributed by atoms with Gasteiger partial charge >= 0.3 is 0 Å². The Morgan fingerprint density at radius 1 is 1.12 bits per heavy atom. The van der Waals surface area contributed by atoms with Gasteiger partial charge in [-0.2, -0.15) is 0 Å². The maximum atomic E-state index is 9.81. The molecule has 1 aliphatic carbocycles. The van der Waals surface area contributed by atoms with Gasteiger partial charge in [0, 0.05) is 10.1 Å². The van der Waals surface area contributed by atoms with Crippen LogP contribution in [0.25, 0.3) is 0 Å². The van der Waals surface area contributed by atoms with Crippen molar-refractivity contribution in [2.75, 3.05) is 0 Å². The molecule has 1 saturated carbocycles. The minimum absolute atomic E-state index is 0.109. The molecule has 1 fully saturated rings. The normalized spacial score (nSPS) is 25.2. The largest absolute Gasteiger partial charge is 0.392 e. The average molecular weight is 250 g/mol. The molecule has 2 rings (SSSR count).